The molecule has 2 unspecified atom stereocenters. The molecule has 0 bridgehead atoms. The summed E-state index contributed by atoms with van der Waals surface area (Å²) in [4.78, 5) is 0. The molecule has 112 valence electrons. The minimum atomic E-state index is -0.692. The van der Waals surface area contributed by atoms with Crippen LogP contribution in [-0.2, 0) is 5.54 Å². The van der Waals surface area contributed by atoms with Gasteiger partial charge in [-0.3, -0.25) is 0 Å². The molecule has 2 atom stereocenters. The summed E-state index contributed by atoms with van der Waals surface area (Å²) in [7, 11) is 0. The molecule has 0 saturated carbocycles. The lowest BCUT2D eigenvalue weighted by Crippen LogP contribution is -2.48. The van der Waals surface area contributed by atoms with Gasteiger partial charge in [0.05, 0.1) is 15.6 Å². The smallest absolute Gasteiger partial charge is 0.0601 e. The van der Waals surface area contributed by atoms with Crippen LogP contribution in [0.2, 0.25) is 10.0 Å². The van der Waals surface area contributed by atoms with E-state index in [4.69, 9.17) is 34.7 Å². The van der Waals surface area contributed by atoms with E-state index in [2.05, 4.69) is 32.0 Å². The molecule has 0 aliphatic rings. The first-order valence-electron chi connectivity index (χ1n) is 6.89. The number of aryl methyl sites for hydroxylation is 1. The molecule has 2 nitrogen and oxygen atoms in total. The molecule has 0 aliphatic carbocycles. The standard InChI is InChI=1S/C17H20Cl2N2/c1-11-4-3-5-13(8-11)12(2)17(21,10-20)14-6-7-15(18)16(19)9-14/h3-9,12H,10,20-21H2,1-2H3. The molecular weight excluding hydrogens is 303 g/mol. The van der Waals surface area contributed by atoms with E-state index in [-0.39, 0.29) is 5.92 Å². The van der Waals surface area contributed by atoms with Gasteiger partial charge in [-0.05, 0) is 30.2 Å². The summed E-state index contributed by atoms with van der Waals surface area (Å²) in [6, 6.07) is 13.8. The highest BCUT2D eigenvalue weighted by molar-refractivity contribution is 6.42. The number of rotatable bonds is 4. The van der Waals surface area contributed by atoms with Crippen molar-refractivity contribution in [1.29, 1.82) is 0 Å². The maximum atomic E-state index is 6.64. The van der Waals surface area contributed by atoms with Gasteiger partial charge in [-0.1, -0.05) is 66.0 Å². The second-order valence-electron chi connectivity index (χ2n) is 5.51. The topological polar surface area (TPSA) is 52.0 Å². The molecule has 2 rings (SSSR count). The van der Waals surface area contributed by atoms with Gasteiger partial charge in [0.15, 0.2) is 0 Å². The molecule has 0 heterocycles. The Morgan fingerprint density at radius 1 is 1.10 bits per heavy atom. The molecule has 2 aromatic rings. The highest BCUT2D eigenvalue weighted by Crippen LogP contribution is 2.36. The van der Waals surface area contributed by atoms with E-state index in [0.29, 0.717) is 16.6 Å². The van der Waals surface area contributed by atoms with E-state index < -0.39 is 5.54 Å². The van der Waals surface area contributed by atoms with Gasteiger partial charge in [-0.25, -0.2) is 0 Å². The van der Waals surface area contributed by atoms with Crippen molar-refractivity contribution in [2.24, 2.45) is 11.5 Å². The molecular formula is C17H20Cl2N2. The third-order valence-electron chi connectivity index (χ3n) is 4.11. The Kier molecular flexibility index (Phi) is 4.95. The van der Waals surface area contributed by atoms with Crippen LogP contribution < -0.4 is 11.5 Å². The van der Waals surface area contributed by atoms with Gasteiger partial charge in [0.25, 0.3) is 0 Å². The van der Waals surface area contributed by atoms with Crippen LogP contribution >= 0.6 is 23.2 Å². The predicted molar refractivity (Wildman–Crippen MR) is 91.0 cm³/mol. The zero-order valence-corrected chi connectivity index (χ0v) is 13.7. The third kappa shape index (κ3) is 3.24. The fourth-order valence-corrected chi connectivity index (χ4v) is 2.87. The summed E-state index contributed by atoms with van der Waals surface area (Å²) in [5, 5.41) is 1.01. The third-order valence-corrected chi connectivity index (χ3v) is 4.85. The van der Waals surface area contributed by atoms with Crippen molar-refractivity contribution in [2.45, 2.75) is 25.3 Å². The maximum absolute atomic E-state index is 6.64. The summed E-state index contributed by atoms with van der Waals surface area (Å²) in [5.41, 5.74) is 15.2. The van der Waals surface area contributed by atoms with E-state index in [1.807, 2.05) is 18.2 Å². The van der Waals surface area contributed by atoms with Gasteiger partial charge in [0.2, 0.25) is 0 Å². The zero-order valence-electron chi connectivity index (χ0n) is 12.2. The largest absolute Gasteiger partial charge is 0.328 e. The maximum Gasteiger partial charge on any atom is 0.0601 e. The van der Waals surface area contributed by atoms with Crippen LogP contribution in [0.5, 0.6) is 0 Å². The van der Waals surface area contributed by atoms with Gasteiger partial charge in [0.1, 0.15) is 0 Å². The minimum absolute atomic E-state index is 0.0552. The van der Waals surface area contributed by atoms with E-state index in [1.165, 1.54) is 5.56 Å². The first kappa shape index (κ1) is 16.3. The van der Waals surface area contributed by atoms with Gasteiger partial charge in [-0.15, -0.1) is 0 Å². The van der Waals surface area contributed by atoms with Crippen molar-refractivity contribution in [3.8, 4) is 0 Å². The SMILES string of the molecule is Cc1cccc(C(C)C(N)(CN)c2ccc(Cl)c(Cl)c2)c1. The first-order valence-corrected chi connectivity index (χ1v) is 7.65. The van der Waals surface area contributed by atoms with E-state index >= 15 is 0 Å². The van der Waals surface area contributed by atoms with Crippen molar-refractivity contribution in [2.75, 3.05) is 6.54 Å². The fraction of sp³-hybridized carbons (Fsp3) is 0.294. The van der Waals surface area contributed by atoms with Crippen molar-refractivity contribution in [3.05, 3.63) is 69.2 Å². The Hall–Kier alpha value is -1.06. The second kappa shape index (κ2) is 6.37. The lowest BCUT2D eigenvalue weighted by atomic mass is 9.76. The van der Waals surface area contributed by atoms with Gasteiger partial charge in [-0.2, -0.15) is 0 Å². The van der Waals surface area contributed by atoms with Crippen LogP contribution in [0, 0.1) is 6.92 Å². The molecule has 0 amide bonds. The summed E-state index contributed by atoms with van der Waals surface area (Å²) < 4.78 is 0. The van der Waals surface area contributed by atoms with Crippen molar-refractivity contribution in [1.82, 2.24) is 0 Å². The van der Waals surface area contributed by atoms with Gasteiger partial charge in [0, 0.05) is 12.5 Å². The number of benzene rings is 2. The van der Waals surface area contributed by atoms with Gasteiger partial charge >= 0.3 is 0 Å². The molecule has 0 radical (unpaired) electrons. The molecule has 0 fully saturated rings. The number of halogens is 2. The van der Waals surface area contributed by atoms with Crippen molar-refractivity contribution >= 4 is 23.2 Å². The Morgan fingerprint density at radius 3 is 2.38 bits per heavy atom. The predicted octanol–water partition coefficient (Wildman–Crippen LogP) is 4.22. The number of nitrogens with two attached hydrogens (primary N) is 2. The van der Waals surface area contributed by atoms with Crippen LogP contribution in [-0.4, -0.2) is 6.54 Å². The molecule has 0 aliphatic heterocycles. The van der Waals surface area contributed by atoms with Crippen LogP contribution in [0.25, 0.3) is 0 Å². The van der Waals surface area contributed by atoms with Crippen LogP contribution in [0.1, 0.15) is 29.5 Å². The Bertz CT molecular complexity index is 642. The normalized spacial score (nSPS) is 15.5. The fourth-order valence-electron chi connectivity index (χ4n) is 2.57. The Labute approximate surface area is 136 Å². The van der Waals surface area contributed by atoms with Crippen LogP contribution in [0.15, 0.2) is 42.5 Å². The van der Waals surface area contributed by atoms with E-state index in [0.717, 1.165) is 11.1 Å². The molecule has 4 heteroatoms. The van der Waals surface area contributed by atoms with E-state index in [1.54, 1.807) is 6.07 Å². The quantitative estimate of drug-likeness (QED) is 0.885. The summed E-state index contributed by atoms with van der Waals surface area (Å²) >= 11 is 12.1. The molecule has 21 heavy (non-hydrogen) atoms. The molecule has 0 spiro atoms. The lowest BCUT2D eigenvalue weighted by Gasteiger charge is -2.35. The zero-order chi connectivity index (χ0) is 15.6. The summed E-state index contributed by atoms with van der Waals surface area (Å²) in [6.45, 7) is 4.47. The minimum Gasteiger partial charge on any atom is -0.328 e. The molecule has 0 aromatic heterocycles. The van der Waals surface area contributed by atoms with Crippen LogP contribution in [0.4, 0.5) is 0 Å². The molecule has 4 N–H and O–H groups in total. The Balaban J connectivity index is 2.46. The Morgan fingerprint density at radius 2 is 1.81 bits per heavy atom. The molecule has 0 saturated heterocycles. The van der Waals surface area contributed by atoms with Crippen molar-refractivity contribution < 1.29 is 0 Å². The van der Waals surface area contributed by atoms with Crippen LogP contribution in [0.3, 0.4) is 0 Å². The first-order chi connectivity index (χ1) is 9.88. The highest BCUT2D eigenvalue weighted by atomic mass is 35.5. The average molecular weight is 323 g/mol. The summed E-state index contributed by atoms with van der Waals surface area (Å²) in [6.07, 6.45) is 0. The summed E-state index contributed by atoms with van der Waals surface area (Å²) in [5.74, 6) is 0.0552. The number of hydrogen-bond acceptors (Lipinski definition) is 2. The van der Waals surface area contributed by atoms with E-state index in [9.17, 15) is 0 Å². The highest BCUT2D eigenvalue weighted by Gasteiger charge is 2.34. The second-order valence-corrected chi connectivity index (χ2v) is 6.32. The average Bonchev–Trinajstić information content (AvgIpc) is 2.48. The lowest BCUT2D eigenvalue weighted by molar-refractivity contribution is 0.382. The van der Waals surface area contributed by atoms with Crippen molar-refractivity contribution in [3.63, 3.8) is 0 Å². The molecule has 2 aromatic carbocycles. The monoisotopic (exact) mass is 322 g/mol. The van der Waals surface area contributed by atoms with Gasteiger partial charge < -0.3 is 11.5 Å². The number of hydrogen-bond donors (Lipinski definition) is 2.